The molecule has 2 heterocycles. The summed E-state index contributed by atoms with van der Waals surface area (Å²) in [5, 5.41) is 7.29. The molecule has 0 aliphatic carbocycles. The molecule has 8 nitrogen and oxygen atoms in total. The summed E-state index contributed by atoms with van der Waals surface area (Å²) in [7, 11) is 1.86. The zero-order valence-corrected chi connectivity index (χ0v) is 14.3. The van der Waals surface area contributed by atoms with E-state index >= 15 is 0 Å². The van der Waals surface area contributed by atoms with Gasteiger partial charge >= 0.3 is 0 Å². The number of aromatic nitrogens is 3. The Balaban J connectivity index is 1.91. The number of carbonyl (C=O) groups excluding carboxylic acids is 1. The van der Waals surface area contributed by atoms with Gasteiger partial charge in [-0.1, -0.05) is 6.07 Å². The number of nitrogens with zero attached hydrogens (tertiary/aromatic N) is 5. The average Bonchev–Trinajstić information content (AvgIpc) is 3.16. The van der Waals surface area contributed by atoms with E-state index in [4.69, 9.17) is 5.73 Å². The minimum absolute atomic E-state index is 0.0358. The van der Waals surface area contributed by atoms with E-state index < -0.39 is 0 Å². The predicted octanol–water partition coefficient (Wildman–Crippen LogP) is 0.982. The molecule has 0 saturated carbocycles. The van der Waals surface area contributed by atoms with E-state index in [0.717, 1.165) is 23.4 Å². The number of benzene rings is 1. The highest BCUT2D eigenvalue weighted by Crippen LogP contribution is 2.20. The zero-order valence-electron chi connectivity index (χ0n) is 14.3. The lowest BCUT2D eigenvalue weighted by Gasteiger charge is -2.29. The largest absolute Gasteiger partial charge is 0.391 e. The van der Waals surface area contributed by atoms with Crippen molar-refractivity contribution in [3.05, 3.63) is 48.2 Å². The summed E-state index contributed by atoms with van der Waals surface area (Å²) in [4.78, 5) is 21.9. The smallest absolute Gasteiger partial charge is 0.219 e. The standard InChI is InChI=1S/C17H21N7O/c1-12(25)23-7-6-16(19-2)15(9-23)17(18)22-13-4-3-5-14(8-13)24-11-20-10-21-24/h3-5,8,10-11,19H,6-7,9H2,1-2H3,(H2,18,22). The van der Waals surface area contributed by atoms with Gasteiger partial charge in [-0.05, 0) is 18.2 Å². The molecule has 1 aliphatic rings. The Morgan fingerprint density at radius 2 is 2.24 bits per heavy atom. The van der Waals surface area contributed by atoms with Gasteiger partial charge in [0.15, 0.2) is 0 Å². The van der Waals surface area contributed by atoms with Crippen molar-refractivity contribution in [2.45, 2.75) is 13.3 Å². The first-order chi connectivity index (χ1) is 12.1. The van der Waals surface area contributed by atoms with Gasteiger partial charge in [-0.15, -0.1) is 0 Å². The Morgan fingerprint density at radius 3 is 2.92 bits per heavy atom. The van der Waals surface area contributed by atoms with Gasteiger partial charge in [0, 0.05) is 38.2 Å². The van der Waals surface area contributed by atoms with Crippen molar-refractivity contribution in [2.75, 3.05) is 20.1 Å². The molecule has 1 aromatic heterocycles. The first-order valence-electron chi connectivity index (χ1n) is 8.03. The summed E-state index contributed by atoms with van der Waals surface area (Å²) in [6.07, 6.45) is 3.84. The third-order valence-corrected chi connectivity index (χ3v) is 4.16. The molecule has 130 valence electrons. The quantitative estimate of drug-likeness (QED) is 0.639. The predicted molar refractivity (Wildman–Crippen MR) is 95.6 cm³/mol. The molecular formula is C17H21N7O. The van der Waals surface area contributed by atoms with Crippen molar-refractivity contribution in [2.24, 2.45) is 10.7 Å². The molecule has 1 aliphatic heterocycles. The van der Waals surface area contributed by atoms with E-state index in [9.17, 15) is 4.79 Å². The van der Waals surface area contributed by atoms with Gasteiger partial charge in [-0.3, -0.25) is 4.79 Å². The van der Waals surface area contributed by atoms with Crippen molar-refractivity contribution in [3.63, 3.8) is 0 Å². The molecule has 0 spiro atoms. The molecule has 1 aromatic carbocycles. The Morgan fingerprint density at radius 1 is 1.40 bits per heavy atom. The van der Waals surface area contributed by atoms with Crippen LogP contribution in [0.5, 0.6) is 0 Å². The molecule has 0 unspecified atom stereocenters. The Kier molecular flexibility index (Phi) is 4.78. The first kappa shape index (κ1) is 16.7. The number of amidine groups is 1. The van der Waals surface area contributed by atoms with E-state index in [2.05, 4.69) is 20.4 Å². The second kappa shape index (κ2) is 7.16. The Hall–Kier alpha value is -3.16. The van der Waals surface area contributed by atoms with Crippen LogP contribution in [0.25, 0.3) is 5.69 Å². The second-order valence-electron chi connectivity index (χ2n) is 5.75. The summed E-state index contributed by atoms with van der Waals surface area (Å²) in [5.41, 5.74) is 9.70. The Labute approximate surface area is 146 Å². The van der Waals surface area contributed by atoms with Crippen LogP contribution in [0.2, 0.25) is 0 Å². The number of nitrogens with two attached hydrogens (primary N) is 1. The molecule has 3 rings (SSSR count). The van der Waals surface area contributed by atoms with Crippen LogP contribution in [-0.4, -0.2) is 51.5 Å². The average molecular weight is 339 g/mol. The number of nitrogens with one attached hydrogen (secondary N) is 1. The topological polar surface area (TPSA) is 101 Å². The van der Waals surface area contributed by atoms with Crippen LogP contribution in [0.1, 0.15) is 13.3 Å². The monoisotopic (exact) mass is 339 g/mol. The fraction of sp³-hybridized carbons (Fsp3) is 0.294. The van der Waals surface area contributed by atoms with Crippen LogP contribution < -0.4 is 11.1 Å². The van der Waals surface area contributed by atoms with Crippen molar-refractivity contribution in [1.82, 2.24) is 25.0 Å². The number of carbonyl (C=O) groups is 1. The molecule has 0 radical (unpaired) electrons. The zero-order chi connectivity index (χ0) is 17.8. The maximum absolute atomic E-state index is 11.7. The van der Waals surface area contributed by atoms with E-state index in [0.29, 0.717) is 24.6 Å². The van der Waals surface area contributed by atoms with Crippen LogP contribution >= 0.6 is 0 Å². The van der Waals surface area contributed by atoms with E-state index in [1.165, 1.54) is 6.33 Å². The summed E-state index contributed by atoms with van der Waals surface area (Å²) in [5.74, 6) is 0.444. The Bertz CT molecular complexity index is 823. The van der Waals surface area contributed by atoms with Gasteiger partial charge in [-0.25, -0.2) is 14.7 Å². The van der Waals surface area contributed by atoms with Gasteiger partial charge < -0.3 is 16.0 Å². The lowest BCUT2D eigenvalue weighted by molar-refractivity contribution is -0.128. The molecule has 0 saturated heterocycles. The highest BCUT2D eigenvalue weighted by molar-refractivity contribution is 6.00. The second-order valence-corrected chi connectivity index (χ2v) is 5.75. The van der Waals surface area contributed by atoms with Crippen molar-refractivity contribution in [3.8, 4) is 5.69 Å². The maximum Gasteiger partial charge on any atom is 0.219 e. The molecule has 3 N–H and O–H groups in total. The summed E-state index contributed by atoms with van der Waals surface area (Å²) in [6, 6.07) is 7.56. The molecule has 0 bridgehead atoms. The lowest BCUT2D eigenvalue weighted by Crippen LogP contribution is -2.40. The molecular weight excluding hydrogens is 318 g/mol. The van der Waals surface area contributed by atoms with Crippen LogP contribution in [0.15, 0.2) is 53.2 Å². The number of rotatable bonds is 4. The van der Waals surface area contributed by atoms with Crippen LogP contribution in [0.4, 0.5) is 5.69 Å². The van der Waals surface area contributed by atoms with Crippen molar-refractivity contribution >= 4 is 17.4 Å². The number of hydrogen-bond acceptors (Lipinski definition) is 5. The fourth-order valence-corrected chi connectivity index (χ4v) is 2.80. The molecule has 0 atom stereocenters. The van der Waals surface area contributed by atoms with Crippen molar-refractivity contribution in [1.29, 1.82) is 0 Å². The summed E-state index contributed by atoms with van der Waals surface area (Å²) in [6.45, 7) is 2.71. The maximum atomic E-state index is 11.7. The number of aliphatic imine (C=N–C) groups is 1. The van der Waals surface area contributed by atoms with Crippen molar-refractivity contribution < 1.29 is 4.79 Å². The first-order valence-corrected chi connectivity index (χ1v) is 8.03. The van der Waals surface area contributed by atoms with Crippen LogP contribution in [-0.2, 0) is 4.79 Å². The highest BCUT2D eigenvalue weighted by Gasteiger charge is 2.22. The number of hydrogen-bond donors (Lipinski definition) is 2. The highest BCUT2D eigenvalue weighted by atomic mass is 16.2. The molecule has 0 fully saturated rings. The SMILES string of the molecule is CNC1=C(C(N)=Nc2cccc(-n3cncn3)c2)CN(C(C)=O)CC1. The fourth-order valence-electron chi connectivity index (χ4n) is 2.80. The third-order valence-electron chi connectivity index (χ3n) is 4.16. The summed E-state index contributed by atoms with van der Waals surface area (Å²) < 4.78 is 1.66. The molecule has 8 heteroatoms. The van der Waals surface area contributed by atoms with E-state index in [1.54, 1.807) is 22.8 Å². The third kappa shape index (κ3) is 3.68. The van der Waals surface area contributed by atoms with Crippen LogP contribution in [0.3, 0.4) is 0 Å². The molecule has 1 amide bonds. The number of amides is 1. The lowest BCUT2D eigenvalue weighted by atomic mass is 10.0. The van der Waals surface area contributed by atoms with Gasteiger partial charge in [0.05, 0.1) is 17.9 Å². The van der Waals surface area contributed by atoms with E-state index in [1.807, 2.05) is 31.3 Å². The van der Waals surface area contributed by atoms with Gasteiger partial charge in [0.2, 0.25) is 5.91 Å². The van der Waals surface area contributed by atoms with Crippen LogP contribution in [0, 0.1) is 0 Å². The normalized spacial score (nSPS) is 15.4. The van der Waals surface area contributed by atoms with Gasteiger partial charge in [0.25, 0.3) is 0 Å². The van der Waals surface area contributed by atoms with Gasteiger partial charge in [-0.2, -0.15) is 5.10 Å². The van der Waals surface area contributed by atoms with Gasteiger partial charge in [0.1, 0.15) is 18.5 Å². The summed E-state index contributed by atoms with van der Waals surface area (Å²) >= 11 is 0. The van der Waals surface area contributed by atoms with E-state index in [-0.39, 0.29) is 5.91 Å². The minimum atomic E-state index is 0.0358. The minimum Gasteiger partial charge on any atom is -0.391 e. The molecule has 25 heavy (non-hydrogen) atoms. The molecule has 2 aromatic rings.